The molecule has 2 aliphatic rings. The number of piperazine rings is 1. The van der Waals surface area contributed by atoms with Gasteiger partial charge in [0.2, 0.25) is 0 Å². The zero-order valence-electron chi connectivity index (χ0n) is 13.8. The summed E-state index contributed by atoms with van der Waals surface area (Å²) in [7, 11) is 1.95. The lowest BCUT2D eigenvalue weighted by Gasteiger charge is -2.36. The van der Waals surface area contributed by atoms with Crippen molar-refractivity contribution in [3.8, 4) is 5.75 Å². The molecule has 1 fully saturated rings. The Hall–Kier alpha value is -1.76. The molecule has 2 aliphatic heterocycles. The molecule has 2 unspecified atom stereocenters. The van der Waals surface area contributed by atoms with Crippen molar-refractivity contribution in [3.05, 3.63) is 47.0 Å². The van der Waals surface area contributed by atoms with Crippen LogP contribution in [0.3, 0.4) is 0 Å². The Labute approximate surface area is 157 Å². The number of nitrogens with one attached hydrogen (secondary N) is 1. The van der Waals surface area contributed by atoms with Gasteiger partial charge in [-0.15, -0.1) is 12.4 Å². The summed E-state index contributed by atoms with van der Waals surface area (Å²) in [6.07, 6.45) is 3.73. The number of halogens is 2. The van der Waals surface area contributed by atoms with E-state index in [1.807, 2.05) is 34.8 Å². The van der Waals surface area contributed by atoms with E-state index in [0.717, 1.165) is 23.7 Å². The molecule has 2 aromatic rings. The Morgan fingerprint density at radius 3 is 3.04 bits per heavy atom. The number of carbonyl (C=O) groups excluding carboxylic acids is 1. The molecule has 4 rings (SSSR count). The summed E-state index contributed by atoms with van der Waals surface area (Å²) in [4.78, 5) is 19.4. The molecular weight excluding hydrogens is 363 g/mol. The van der Waals surface area contributed by atoms with Crippen LogP contribution in [0.15, 0.2) is 30.6 Å². The summed E-state index contributed by atoms with van der Waals surface area (Å²) in [5.41, 5.74) is 0.990. The largest absolute Gasteiger partial charge is 0.480 e. The number of aromatic nitrogens is 2. The third-order valence-electron chi connectivity index (χ3n) is 4.66. The Morgan fingerprint density at radius 2 is 2.28 bits per heavy atom. The maximum atomic E-state index is 13.1. The van der Waals surface area contributed by atoms with Gasteiger partial charge in [0, 0.05) is 50.5 Å². The van der Waals surface area contributed by atoms with Gasteiger partial charge < -0.3 is 19.5 Å². The van der Waals surface area contributed by atoms with Crippen LogP contribution in [0, 0.1) is 0 Å². The number of aryl methyl sites for hydroxylation is 1. The number of rotatable bonds is 2. The first-order valence-corrected chi connectivity index (χ1v) is 8.45. The second-order valence-corrected chi connectivity index (χ2v) is 6.65. The van der Waals surface area contributed by atoms with Crippen molar-refractivity contribution in [1.82, 2.24) is 19.8 Å². The number of amides is 1. The van der Waals surface area contributed by atoms with Crippen molar-refractivity contribution in [2.24, 2.45) is 7.05 Å². The number of ether oxygens (including phenoxy) is 1. The minimum Gasteiger partial charge on any atom is -0.480 e. The fourth-order valence-electron chi connectivity index (χ4n) is 3.44. The topological polar surface area (TPSA) is 59.4 Å². The average molecular weight is 383 g/mol. The van der Waals surface area contributed by atoms with Crippen molar-refractivity contribution in [3.63, 3.8) is 0 Å². The molecule has 134 valence electrons. The van der Waals surface area contributed by atoms with Gasteiger partial charge in [0.05, 0.1) is 0 Å². The van der Waals surface area contributed by atoms with Gasteiger partial charge in [-0.05, 0) is 23.8 Å². The number of nitrogens with zero attached hydrogens (tertiary/aromatic N) is 3. The number of fused-ring (bicyclic) bond motifs is 1. The normalized spacial score (nSPS) is 22.1. The Morgan fingerprint density at radius 1 is 1.44 bits per heavy atom. The van der Waals surface area contributed by atoms with E-state index in [2.05, 4.69) is 10.3 Å². The van der Waals surface area contributed by atoms with Gasteiger partial charge in [0.25, 0.3) is 5.91 Å². The molecule has 0 spiro atoms. The van der Waals surface area contributed by atoms with Crippen molar-refractivity contribution in [2.75, 3.05) is 19.6 Å². The van der Waals surface area contributed by atoms with Gasteiger partial charge in [0.1, 0.15) is 17.6 Å². The van der Waals surface area contributed by atoms with E-state index in [-0.39, 0.29) is 24.4 Å². The van der Waals surface area contributed by atoms with Crippen molar-refractivity contribution >= 4 is 29.9 Å². The monoisotopic (exact) mass is 382 g/mol. The highest BCUT2D eigenvalue weighted by Gasteiger charge is 2.38. The zero-order chi connectivity index (χ0) is 16.7. The number of imidazole rings is 1. The zero-order valence-corrected chi connectivity index (χ0v) is 15.4. The molecular formula is C17H20Cl2N4O2. The first-order chi connectivity index (χ1) is 11.6. The van der Waals surface area contributed by atoms with Gasteiger partial charge in [-0.25, -0.2) is 4.98 Å². The lowest BCUT2D eigenvalue weighted by molar-refractivity contribution is -0.141. The van der Waals surface area contributed by atoms with Crippen molar-refractivity contribution in [1.29, 1.82) is 0 Å². The number of carbonyl (C=O) groups is 1. The highest BCUT2D eigenvalue weighted by atomic mass is 35.5. The van der Waals surface area contributed by atoms with E-state index in [1.54, 1.807) is 12.3 Å². The second kappa shape index (κ2) is 7.23. The van der Waals surface area contributed by atoms with E-state index >= 15 is 0 Å². The SMILES string of the molecule is Cl.Cn1ccnc1C1CNCCN1C(=O)C1Cc2cc(Cl)ccc2O1. The molecule has 0 saturated carbocycles. The summed E-state index contributed by atoms with van der Waals surface area (Å²) in [5, 5.41) is 4.01. The lowest BCUT2D eigenvalue weighted by Crippen LogP contribution is -2.53. The summed E-state index contributed by atoms with van der Waals surface area (Å²) in [6, 6.07) is 5.41. The molecule has 1 saturated heterocycles. The third kappa shape index (κ3) is 3.34. The number of benzene rings is 1. The first-order valence-electron chi connectivity index (χ1n) is 8.07. The van der Waals surface area contributed by atoms with Crippen molar-refractivity contribution in [2.45, 2.75) is 18.6 Å². The molecule has 0 radical (unpaired) electrons. The van der Waals surface area contributed by atoms with Crippen LogP contribution in [0.1, 0.15) is 17.4 Å². The molecule has 1 aromatic heterocycles. The molecule has 3 heterocycles. The predicted molar refractivity (Wildman–Crippen MR) is 97.4 cm³/mol. The van der Waals surface area contributed by atoms with Gasteiger partial charge in [0.15, 0.2) is 6.10 Å². The average Bonchev–Trinajstić information content (AvgIpc) is 3.19. The van der Waals surface area contributed by atoms with Crippen LogP contribution < -0.4 is 10.1 Å². The molecule has 6 nitrogen and oxygen atoms in total. The minimum absolute atomic E-state index is 0. The minimum atomic E-state index is -0.487. The molecule has 1 amide bonds. The van der Waals surface area contributed by atoms with Crippen LogP contribution in [0.5, 0.6) is 5.75 Å². The summed E-state index contributed by atoms with van der Waals surface area (Å²) >= 11 is 6.04. The number of hydrogen-bond donors (Lipinski definition) is 1. The Bertz CT molecular complexity index is 780. The smallest absolute Gasteiger partial charge is 0.264 e. The first kappa shape index (κ1) is 18.0. The van der Waals surface area contributed by atoms with Gasteiger partial charge >= 0.3 is 0 Å². The van der Waals surface area contributed by atoms with Gasteiger partial charge in [-0.1, -0.05) is 11.6 Å². The standard InChI is InChI=1S/C17H19ClN4O2.ClH/c1-21-6-5-20-16(21)13-10-19-4-7-22(13)17(23)15-9-11-8-12(18)2-3-14(11)24-15;/h2-3,5-6,8,13,15,19H,4,7,9-10H2,1H3;1H. The molecule has 8 heteroatoms. The van der Waals surface area contributed by atoms with E-state index in [9.17, 15) is 4.79 Å². The third-order valence-corrected chi connectivity index (χ3v) is 4.89. The van der Waals surface area contributed by atoms with E-state index in [0.29, 0.717) is 24.5 Å². The van der Waals surface area contributed by atoms with Crippen LogP contribution in [0.2, 0.25) is 5.02 Å². The van der Waals surface area contributed by atoms with Gasteiger partial charge in [-0.3, -0.25) is 4.79 Å². The molecule has 1 aromatic carbocycles. The fraction of sp³-hybridized carbons (Fsp3) is 0.412. The number of hydrogen-bond acceptors (Lipinski definition) is 4. The molecule has 2 atom stereocenters. The molecule has 1 N–H and O–H groups in total. The van der Waals surface area contributed by atoms with E-state index in [1.165, 1.54) is 0 Å². The van der Waals surface area contributed by atoms with Crippen molar-refractivity contribution < 1.29 is 9.53 Å². The van der Waals surface area contributed by atoms with Gasteiger partial charge in [-0.2, -0.15) is 0 Å². The highest BCUT2D eigenvalue weighted by Crippen LogP contribution is 2.33. The Balaban J connectivity index is 0.00000182. The fourth-order valence-corrected chi connectivity index (χ4v) is 3.63. The maximum absolute atomic E-state index is 13.1. The quantitative estimate of drug-likeness (QED) is 0.862. The highest BCUT2D eigenvalue weighted by molar-refractivity contribution is 6.30. The van der Waals surface area contributed by atoms with Crippen LogP contribution >= 0.6 is 24.0 Å². The summed E-state index contributed by atoms with van der Waals surface area (Å²) in [6.45, 7) is 2.12. The molecule has 0 aliphatic carbocycles. The van der Waals surface area contributed by atoms with E-state index in [4.69, 9.17) is 16.3 Å². The Kier molecular flexibility index (Phi) is 5.22. The van der Waals surface area contributed by atoms with Crippen LogP contribution in [0.25, 0.3) is 0 Å². The summed E-state index contributed by atoms with van der Waals surface area (Å²) < 4.78 is 7.84. The molecule has 0 bridgehead atoms. The van der Waals surface area contributed by atoms with Crippen LogP contribution in [-0.4, -0.2) is 46.1 Å². The lowest BCUT2D eigenvalue weighted by atomic mass is 10.1. The predicted octanol–water partition coefficient (Wildman–Crippen LogP) is 1.97. The maximum Gasteiger partial charge on any atom is 0.264 e. The summed E-state index contributed by atoms with van der Waals surface area (Å²) in [5.74, 6) is 1.65. The second-order valence-electron chi connectivity index (χ2n) is 6.21. The van der Waals surface area contributed by atoms with Crippen LogP contribution in [-0.2, 0) is 18.3 Å². The van der Waals surface area contributed by atoms with Crippen LogP contribution in [0.4, 0.5) is 0 Å². The molecule has 25 heavy (non-hydrogen) atoms. The van der Waals surface area contributed by atoms with E-state index < -0.39 is 6.10 Å².